The summed E-state index contributed by atoms with van der Waals surface area (Å²) in [6.45, 7) is 4.21. The van der Waals surface area contributed by atoms with Crippen molar-refractivity contribution in [2.24, 2.45) is 0 Å². The zero-order valence-electron chi connectivity index (χ0n) is 9.89. The Balaban J connectivity index is 2.49. The van der Waals surface area contributed by atoms with Crippen molar-refractivity contribution in [2.45, 2.75) is 26.4 Å². The quantitative estimate of drug-likeness (QED) is 0.944. The first-order valence-electron chi connectivity index (χ1n) is 5.57. The van der Waals surface area contributed by atoms with Gasteiger partial charge in [0.1, 0.15) is 0 Å². The molecule has 0 saturated carbocycles. The zero-order valence-corrected chi connectivity index (χ0v) is 11.5. The van der Waals surface area contributed by atoms with E-state index < -0.39 is 0 Å². The Labute approximate surface area is 109 Å². The number of benzene rings is 1. The van der Waals surface area contributed by atoms with Gasteiger partial charge in [0.2, 0.25) is 0 Å². The first-order valence-corrected chi connectivity index (χ1v) is 6.36. The van der Waals surface area contributed by atoms with E-state index >= 15 is 0 Å². The van der Waals surface area contributed by atoms with Gasteiger partial charge in [-0.15, -0.1) is 0 Å². The topological polar surface area (TPSA) is 38.1 Å². The van der Waals surface area contributed by atoms with Crippen LogP contribution in [-0.2, 0) is 6.61 Å². The monoisotopic (exact) mass is 294 g/mol. The van der Waals surface area contributed by atoms with Crippen molar-refractivity contribution in [3.05, 3.63) is 46.2 Å². The van der Waals surface area contributed by atoms with Gasteiger partial charge in [-0.1, -0.05) is 29.8 Å². The molecule has 1 aromatic heterocycles. The maximum Gasteiger partial charge on any atom is 0.0886 e. The van der Waals surface area contributed by atoms with Crippen molar-refractivity contribution in [1.82, 2.24) is 9.78 Å². The van der Waals surface area contributed by atoms with Crippen LogP contribution in [-0.4, -0.2) is 14.9 Å². The van der Waals surface area contributed by atoms with Gasteiger partial charge < -0.3 is 5.11 Å². The van der Waals surface area contributed by atoms with Gasteiger partial charge in [-0.25, -0.2) is 4.68 Å². The molecular formula is C13H15BrN2O. The average molecular weight is 295 g/mol. The van der Waals surface area contributed by atoms with Gasteiger partial charge in [-0.3, -0.25) is 0 Å². The lowest BCUT2D eigenvalue weighted by Crippen LogP contribution is -2.03. The molecule has 0 spiro atoms. The van der Waals surface area contributed by atoms with E-state index in [4.69, 9.17) is 5.11 Å². The minimum Gasteiger partial charge on any atom is -0.390 e. The Morgan fingerprint density at radius 1 is 1.29 bits per heavy atom. The maximum absolute atomic E-state index is 9.16. The van der Waals surface area contributed by atoms with Gasteiger partial charge in [0.15, 0.2) is 0 Å². The van der Waals surface area contributed by atoms with E-state index in [1.165, 1.54) is 0 Å². The summed E-state index contributed by atoms with van der Waals surface area (Å²) in [5, 5.41) is 13.6. The van der Waals surface area contributed by atoms with E-state index in [2.05, 4.69) is 34.9 Å². The number of hydrogen-bond donors (Lipinski definition) is 1. The lowest BCUT2D eigenvalue weighted by molar-refractivity contribution is 0.276. The van der Waals surface area contributed by atoms with Crippen LogP contribution in [0.1, 0.15) is 31.2 Å². The highest BCUT2D eigenvalue weighted by Crippen LogP contribution is 2.21. The van der Waals surface area contributed by atoms with Crippen molar-refractivity contribution in [3.8, 4) is 5.69 Å². The highest BCUT2D eigenvalue weighted by Gasteiger charge is 2.11. The number of rotatable bonds is 3. The number of nitrogens with zero attached hydrogens (tertiary/aromatic N) is 2. The molecule has 1 heterocycles. The van der Waals surface area contributed by atoms with Crippen LogP contribution < -0.4 is 0 Å². The molecule has 0 bridgehead atoms. The van der Waals surface area contributed by atoms with Crippen molar-refractivity contribution < 1.29 is 5.11 Å². The van der Waals surface area contributed by atoms with Crippen LogP contribution in [0.3, 0.4) is 0 Å². The van der Waals surface area contributed by atoms with Gasteiger partial charge in [-0.2, -0.15) is 5.10 Å². The van der Waals surface area contributed by atoms with Crippen LogP contribution in [0.15, 0.2) is 34.8 Å². The van der Waals surface area contributed by atoms with Crippen LogP contribution in [0.2, 0.25) is 0 Å². The predicted molar refractivity (Wildman–Crippen MR) is 71.3 cm³/mol. The highest BCUT2D eigenvalue weighted by atomic mass is 79.9. The average Bonchev–Trinajstić information content (AvgIpc) is 2.74. The van der Waals surface area contributed by atoms with E-state index in [0.29, 0.717) is 11.6 Å². The molecule has 1 aromatic carbocycles. The van der Waals surface area contributed by atoms with E-state index in [0.717, 1.165) is 15.9 Å². The second-order valence-electron chi connectivity index (χ2n) is 4.26. The first kappa shape index (κ1) is 12.3. The molecule has 1 N–H and O–H groups in total. The van der Waals surface area contributed by atoms with Crippen LogP contribution in [0, 0.1) is 0 Å². The fourth-order valence-corrected chi connectivity index (χ4v) is 1.99. The second-order valence-corrected chi connectivity index (χ2v) is 5.18. The summed E-state index contributed by atoms with van der Waals surface area (Å²) in [6, 6.07) is 9.93. The van der Waals surface area contributed by atoms with Gasteiger partial charge >= 0.3 is 0 Å². The molecule has 0 saturated heterocycles. The Kier molecular flexibility index (Phi) is 3.64. The van der Waals surface area contributed by atoms with E-state index in [1.54, 1.807) is 0 Å². The summed E-state index contributed by atoms with van der Waals surface area (Å²) in [6.07, 6.45) is 0. The minimum atomic E-state index is -0.0246. The largest absolute Gasteiger partial charge is 0.390 e. The van der Waals surface area contributed by atoms with E-state index in [9.17, 15) is 0 Å². The summed E-state index contributed by atoms with van der Waals surface area (Å²) >= 11 is 3.41. The van der Waals surface area contributed by atoms with Crippen molar-refractivity contribution in [2.75, 3.05) is 0 Å². The Bertz CT molecular complexity index is 503. The maximum atomic E-state index is 9.16. The van der Waals surface area contributed by atoms with Crippen LogP contribution in [0.5, 0.6) is 0 Å². The molecule has 0 atom stereocenters. The molecular weight excluding hydrogens is 280 g/mol. The fourth-order valence-electron chi connectivity index (χ4n) is 1.72. The number of aliphatic hydroxyl groups is 1. The number of aliphatic hydroxyl groups excluding tert-OH is 1. The molecule has 0 aliphatic rings. The minimum absolute atomic E-state index is 0.0246. The summed E-state index contributed by atoms with van der Waals surface area (Å²) < 4.78 is 2.93. The van der Waals surface area contributed by atoms with Crippen LogP contribution >= 0.6 is 15.9 Å². The normalized spacial score (nSPS) is 11.1. The van der Waals surface area contributed by atoms with Gasteiger partial charge in [0.05, 0.1) is 18.0 Å². The van der Waals surface area contributed by atoms with Crippen molar-refractivity contribution in [1.29, 1.82) is 0 Å². The molecule has 3 nitrogen and oxygen atoms in total. The third-order valence-electron chi connectivity index (χ3n) is 2.61. The van der Waals surface area contributed by atoms with Crippen molar-refractivity contribution in [3.63, 3.8) is 0 Å². The van der Waals surface area contributed by atoms with Crippen LogP contribution in [0.25, 0.3) is 5.69 Å². The van der Waals surface area contributed by atoms with E-state index in [1.807, 2.05) is 35.0 Å². The number of hydrogen-bond acceptors (Lipinski definition) is 2. The number of aromatic nitrogens is 2. The van der Waals surface area contributed by atoms with Crippen molar-refractivity contribution >= 4 is 15.9 Å². The Hall–Kier alpha value is -1.13. The molecule has 0 aliphatic heterocycles. The molecule has 17 heavy (non-hydrogen) atoms. The zero-order chi connectivity index (χ0) is 12.4. The standard InChI is InChI=1S/C13H15BrN2O/c1-9(2)13-7-11(8-17)15-16(13)12-5-3-10(14)4-6-12/h3-7,9,17H,8H2,1-2H3. The summed E-state index contributed by atoms with van der Waals surface area (Å²) in [7, 11) is 0. The molecule has 4 heteroatoms. The summed E-state index contributed by atoms with van der Waals surface area (Å²) in [5.41, 5.74) is 2.82. The molecule has 0 aliphatic carbocycles. The first-order chi connectivity index (χ1) is 8.11. The Morgan fingerprint density at radius 2 is 1.94 bits per heavy atom. The molecule has 90 valence electrons. The van der Waals surface area contributed by atoms with E-state index in [-0.39, 0.29) is 6.61 Å². The molecule has 0 radical (unpaired) electrons. The smallest absolute Gasteiger partial charge is 0.0886 e. The highest BCUT2D eigenvalue weighted by molar-refractivity contribution is 9.10. The summed E-state index contributed by atoms with van der Waals surface area (Å²) in [5.74, 6) is 0.367. The molecule has 2 rings (SSSR count). The molecule has 0 fully saturated rings. The second kappa shape index (κ2) is 5.02. The van der Waals surface area contributed by atoms with Gasteiger partial charge in [0.25, 0.3) is 0 Å². The summed E-state index contributed by atoms with van der Waals surface area (Å²) in [4.78, 5) is 0. The molecule has 0 unspecified atom stereocenters. The fraction of sp³-hybridized carbons (Fsp3) is 0.308. The Morgan fingerprint density at radius 3 is 2.47 bits per heavy atom. The predicted octanol–water partition coefficient (Wildman–Crippen LogP) is 3.25. The molecule has 2 aromatic rings. The SMILES string of the molecule is CC(C)c1cc(CO)nn1-c1ccc(Br)cc1. The van der Waals surface area contributed by atoms with Crippen LogP contribution in [0.4, 0.5) is 0 Å². The molecule has 0 amide bonds. The lowest BCUT2D eigenvalue weighted by atomic mass is 10.1. The van der Waals surface area contributed by atoms with Gasteiger partial charge in [-0.05, 0) is 36.2 Å². The third-order valence-corrected chi connectivity index (χ3v) is 3.14. The third kappa shape index (κ3) is 2.58. The number of halogens is 1. The van der Waals surface area contributed by atoms with Gasteiger partial charge in [0, 0.05) is 10.2 Å². The lowest BCUT2D eigenvalue weighted by Gasteiger charge is -2.09.